The van der Waals surface area contributed by atoms with E-state index in [1.165, 1.54) is 28.5 Å². The maximum atomic E-state index is 5.76. The molecule has 1 atom stereocenters. The van der Waals surface area contributed by atoms with Crippen molar-refractivity contribution >= 4 is 22.6 Å². The maximum Gasteiger partial charge on any atom is 0.0237 e. The summed E-state index contributed by atoms with van der Waals surface area (Å²) in [6.07, 6.45) is 2.56. The second-order valence-electron chi connectivity index (χ2n) is 4.13. The largest absolute Gasteiger partial charge is 0.329 e. The van der Waals surface area contributed by atoms with Crippen molar-refractivity contribution in [2.75, 3.05) is 13.1 Å². The fourth-order valence-electron chi connectivity index (χ4n) is 2.19. The van der Waals surface area contributed by atoms with Gasteiger partial charge in [-0.1, -0.05) is 12.1 Å². The van der Waals surface area contributed by atoms with Crippen molar-refractivity contribution in [2.45, 2.75) is 25.4 Å². The predicted molar refractivity (Wildman–Crippen MR) is 71.6 cm³/mol. The van der Waals surface area contributed by atoms with Crippen LogP contribution in [0.2, 0.25) is 0 Å². The SMILES string of the molecule is NC[C@@H]1CCCN1Cc1ccc(I)cc1. The first-order valence-electron chi connectivity index (χ1n) is 5.48. The monoisotopic (exact) mass is 316 g/mol. The van der Waals surface area contributed by atoms with Crippen molar-refractivity contribution in [3.63, 3.8) is 0 Å². The van der Waals surface area contributed by atoms with Crippen molar-refractivity contribution < 1.29 is 0 Å². The van der Waals surface area contributed by atoms with E-state index >= 15 is 0 Å². The first-order chi connectivity index (χ1) is 7.29. The van der Waals surface area contributed by atoms with Crippen LogP contribution in [-0.4, -0.2) is 24.0 Å². The Bertz CT molecular complexity index is 310. The Morgan fingerprint density at radius 2 is 2.07 bits per heavy atom. The van der Waals surface area contributed by atoms with Crippen LogP contribution >= 0.6 is 22.6 Å². The molecule has 0 amide bonds. The highest BCUT2D eigenvalue weighted by Crippen LogP contribution is 2.19. The molecule has 1 heterocycles. The zero-order valence-corrected chi connectivity index (χ0v) is 11.0. The number of benzene rings is 1. The van der Waals surface area contributed by atoms with Crippen molar-refractivity contribution in [1.82, 2.24) is 4.90 Å². The first kappa shape index (κ1) is 11.4. The molecule has 2 rings (SSSR count). The van der Waals surface area contributed by atoms with Gasteiger partial charge in [-0.25, -0.2) is 0 Å². The number of rotatable bonds is 3. The summed E-state index contributed by atoms with van der Waals surface area (Å²) in [6.45, 7) is 3.05. The van der Waals surface area contributed by atoms with Gasteiger partial charge < -0.3 is 5.73 Å². The Morgan fingerprint density at radius 3 is 2.73 bits per heavy atom. The molecule has 0 radical (unpaired) electrons. The molecule has 1 fully saturated rings. The predicted octanol–water partition coefficient (Wildman–Crippen LogP) is 2.21. The van der Waals surface area contributed by atoms with Crippen LogP contribution in [0.3, 0.4) is 0 Å². The van der Waals surface area contributed by atoms with Crippen LogP contribution in [0, 0.1) is 3.57 Å². The minimum atomic E-state index is 0.601. The van der Waals surface area contributed by atoms with Crippen molar-refractivity contribution in [2.24, 2.45) is 5.73 Å². The van der Waals surface area contributed by atoms with Crippen LogP contribution < -0.4 is 5.73 Å². The lowest BCUT2D eigenvalue weighted by molar-refractivity contribution is 0.250. The highest BCUT2D eigenvalue weighted by atomic mass is 127. The lowest BCUT2D eigenvalue weighted by Gasteiger charge is -2.23. The molecular formula is C12H17IN2. The van der Waals surface area contributed by atoms with E-state index < -0.39 is 0 Å². The van der Waals surface area contributed by atoms with Crippen molar-refractivity contribution in [3.05, 3.63) is 33.4 Å². The third-order valence-corrected chi connectivity index (χ3v) is 3.79. The van der Waals surface area contributed by atoms with Crippen LogP contribution in [0.4, 0.5) is 0 Å². The molecule has 1 aliphatic heterocycles. The second kappa shape index (κ2) is 5.27. The van der Waals surface area contributed by atoms with Crippen LogP contribution in [0.5, 0.6) is 0 Å². The van der Waals surface area contributed by atoms with E-state index in [9.17, 15) is 0 Å². The number of halogens is 1. The lowest BCUT2D eigenvalue weighted by atomic mass is 10.2. The third-order valence-electron chi connectivity index (χ3n) is 3.07. The summed E-state index contributed by atoms with van der Waals surface area (Å²) in [4.78, 5) is 2.50. The second-order valence-corrected chi connectivity index (χ2v) is 5.37. The molecule has 0 unspecified atom stereocenters. The number of nitrogens with zero attached hydrogens (tertiary/aromatic N) is 1. The standard InChI is InChI=1S/C12H17IN2/c13-11-5-3-10(4-6-11)9-15-7-1-2-12(15)8-14/h3-6,12H,1-2,7-9,14H2/t12-/m0/s1. The van der Waals surface area contributed by atoms with Gasteiger partial charge in [0.05, 0.1) is 0 Å². The van der Waals surface area contributed by atoms with Gasteiger partial charge in [-0.2, -0.15) is 0 Å². The summed E-state index contributed by atoms with van der Waals surface area (Å²) < 4.78 is 1.30. The molecule has 1 saturated heterocycles. The van der Waals surface area contributed by atoms with Crippen LogP contribution in [0.25, 0.3) is 0 Å². The molecule has 3 heteroatoms. The lowest BCUT2D eigenvalue weighted by Crippen LogP contribution is -2.34. The number of nitrogens with two attached hydrogens (primary N) is 1. The number of hydrogen-bond acceptors (Lipinski definition) is 2. The number of likely N-dealkylation sites (tertiary alicyclic amines) is 1. The molecule has 0 aliphatic carbocycles. The molecule has 2 N–H and O–H groups in total. The first-order valence-corrected chi connectivity index (χ1v) is 6.56. The highest BCUT2D eigenvalue weighted by molar-refractivity contribution is 14.1. The molecule has 1 aromatic carbocycles. The molecule has 0 bridgehead atoms. The van der Waals surface area contributed by atoms with Gasteiger partial charge in [-0.3, -0.25) is 4.90 Å². The quantitative estimate of drug-likeness (QED) is 0.867. The van der Waals surface area contributed by atoms with Crippen LogP contribution in [-0.2, 0) is 6.54 Å². The Kier molecular flexibility index (Phi) is 3.99. The van der Waals surface area contributed by atoms with Crippen LogP contribution in [0.1, 0.15) is 18.4 Å². The smallest absolute Gasteiger partial charge is 0.0237 e. The minimum absolute atomic E-state index is 0.601. The van der Waals surface area contributed by atoms with Gasteiger partial charge in [0.2, 0.25) is 0 Å². The van der Waals surface area contributed by atoms with E-state index in [1.54, 1.807) is 0 Å². The Labute approximate surface area is 105 Å². The van der Waals surface area contributed by atoms with Gasteiger partial charge in [0.25, 0.3) is 0 Å². The van der Waals surface area contributed by atoms with Crippen molar-refractivity contribution in [1.29, 1.82) is 0 Å². The van der Waals surface area contributed by atoms with E-state index in [0.29, 0.717) is 6.04 Å². The average Bonchev–Trinajstić information content (AvgIpc) is 2.69. The summed E-state index contributed by atoms with van der Waals surface area (Å²) in [5, 5.41) is 0. The minimum Gasteiger partial charge on any atom is -0.329 e. The molecular weight excluding hydrogens is 299 g/mol. The van der Waals surface area contributed by atoms with Gasteiger partial charge in [0.1, 0.15) is 0 Å². The summed E-state index contributed by atoms with van der Waals surface area (Å²) in [5.41, 5.74) is 7.16. The molecule has 1 aromatic rings. The fraction of sp³-hybridized carbons (Fsp3) is 0.500. The van der Waals surface area contributed by atoms with E-state index in [0.717, 1.165) is 13.1 Å². The Hall–Kier alpha value is -0.130. The van der Waals surface area contributed by atoms with Gasteiger partial charge in [-0.05, 0) is 59.7 Å². The van der Waals surface area contributed by atoms with Gasteiger partial charge >= 0.3 is 0 Å². The molecule has 2 nitrogen and oxygen atoms in total. The summed E-state index contributed by atoms with van der Waals surface area (Å²) in [5.74, 6) is 0. The van der Waals surface area contributed by atoms with E-state index in [1.807, 2.05) is 0 Å². The summed E-state index contributed by atoms with van der Waals surface area (Å²) in [7, 11) is 0. The molecule has 15 heavy (non-hydrogen) atoms. The molecule has 1 aliphatic rings. The maximum absolute atomic E-state index is 5.76. The van der Waals surface area contributed by atoms with Crippen molar-refractivity contribution in [3.8, 4) is 0 Å². The topological polar surface area (TPSA) is 29.3 Å². The normalized spacial score (nSPS) is 22.1. The number of hydrogen-bond donors (Lipinski definition) is 1. The molecule has 0 spiro atoms. The third kappa shape index (κ3) is 2.92. The average molecular weight is 316 g/mol. The van der Waals surface area contributed by atoms with E-state index in [-0.39, 0.29) is 0 Å². The van der Waals surface area contributed by atoms with Gasteiger partial charge in [-0.15, -0.1) is 0 Å². The van der Waals surface area contributed by atoms with Gasteiger partial charge in [0.15, 0.2) is 0 Å². The highest BCUT2D eigenvalue weighted by Gasteiger charge is 2.22. The zero-order valence-electron chi connectivity index (χ0n) is 8.82. The Morgan fingerprint density at radius 1 is 1.33 bits per heavy atom. The van der Waals surface area contributed by atoms with E-state index in [2.05, 4.69) is 51.8 Å². The summed E-state index contributed by atoms with van der Waals surface area (Å²) >= 11 is 2.34. The van der Waals surface area contributed by atoms with Crippen LogP contribution in [0.15, 0.2) is 24.3 Å². The van der Waals surface area contributed by atoms with Gasteiger partial charge in [0, 0.05) is 22.7 Å². The van der Waals surface area contributed by atoms with E-state index in [4.69, 9.17) is 5.73 Å². The molecule has 82 valence electrons. The molecule has 0 saturated carbocycles. The Balaban J connectivity index is 1.99. The molecule has 0 aromatic heterocycles. The zero-order chi connectivity index (χ0) is 10.7. The fourth-order valence-corrected chi connectivity index (χ4v) is 2.55. The summed E-state index contributed by atoms with van der Waals surface area (Å²) in [6, 6.07) is 9.37.